The second-order valence-corrected chi connectivity index (χ2v) is 2.97. The van der Waals surface area contributed by atoms with E-state index < -0.39 is 0 Å². The van der Waals surface area contributed by atoms with Crippen molar-refractivity contribution in [1.29, 1.82) is 0 Å². The molecule has 0 aromatic heterocycles. The van der Waals surface area contributed by atoms with Crippen LogP contribution in [0, 0.1) is 0 Å². The fraction of sp³-hybridized carbons (Fsp3) is 1.00. The summed E-state index contributed by atoms with van der Waals surface area (Å²) < 4.78 is 1.92. The molecule has 11 heavy (non-hydrogen) atoms. The summed E-state index contributed by atoms with van der Waals surface area (Å²) in [4.78, 5) is 0. The van der Waals surface area contributed by atoms with Crippen molar-refractivity contribution in [2.75, 3.05) is 0 Å². The third-order valence-electron chi connectivity index (χ3n) is 1.02. The molecule has 0 bridgehead atoms. The van der Waals surface area contributed by atoms with Gasteiger partial charge < -0.3 is 0 Å². The van der Waals surface area contributed by atoms with Gasteiger partial charge in [-0.2, -0.15) is 0 Å². The van der Waals surface area contributed by atoms with E-state index in [2.05, 4.69) is 27.7 Å². The summed E-state index contributed by atoms with van der Waals surface area (Å²) >= 11 is 5.02. The second kappa shape index (κ2) is 10.1. The number of halogens is 3. The van der Waals surface area contributed by atoms with Crippen LogP contribution in [0.1, 0.15) is 27.7 Å². The Kier molecular flexibility index (Phi) is 20.6. The molecule has 0 heterocycles. The molecule has 1 nitrogen and oxygen atoms in total. The minimum absolute atomic E-state index is 0. The highest BCUT2D eigenvalue weighted by Crippen LogP contribution is 2.06. The van der Waals surface area contributed by atoms with Crippen LogP contribution in [0.3, 0.4) is 0 Å². The summed E-state index contributed by atoms with van der Waals surface area (Å²) in [7, 11) is 0. The first-order valence-corrected chi connectivity index (χ1v) is 3.37. The Bertz CT molecular complexity index is 62.8. The quantitative estimate of drug-likeness (QED) is 0.650. The van der Waals surface area contributed by atoms with Crippen LogP contribution in [0.15, 0.2) is 0 Å². The summed E-state index contributed by atoms with van der Waals surface area (Å²) in [6.07, 6.45) is 0. The van der Waals surface area contributed by atoms with Gasteiger partial charge in [0.15, 0.2) is 0 Å². The number of hydrogen-bond donors (Lipinski definition) is 0. The first-order chi connectivity index (χ1) is 3.55. The van der Waals surface area contributed by atoms with Crippen molar-refractivity contribution in [2.45, 2.75) is 39.8 Å². The minimum Gasteiger partial charge on any atom is -0.269 e. The molecular formula is C6H17F3NS. The summed E-state index contributed by atoms with van der Waals surface area (Å²) in [6.45, 7) is 8.42. The van der Waals surface area contributed by atoms with E-state index in [9.17, 15) is 0 Å². The van der Waals surface area contributed by atoms with Crippen LogP contribution in [0.4, 0.5) is 14.1 Å². The van der Waals surface area contributed by atoms with Crippen LogP contribution >= 0.6 is 12.8 Å². The monoisotopic (exact) mass is 192 g/mol. The summed E-state index contributed by atoms with van der Waals surface area (Å²) in [5.74, 6) is 0. The normalized spacial score (nSPS) is 8.73. The van der Waals surface area contributed by atoms with E-state index in [-0.39, 0.29) is 14.1 Å². The predicted molar refractivity (Wildman–Crippen MR) is 47.2 cm³/mol. The highest BCUT2D eigenvalue weighted by Gasteiger charge is 2.07. The van der Waals surface area contributed by atoms with Gasteiger partial charge in [0.2, 0.25) is 0 Å². The van der Waals surface area contributed by atoms with Gasteiger partial charge in [0.25, 0.3) is 0 Å². The van der Waals surface area contributed by atoms with Crippen LogP contribution in [-0.2, 0) is 0 Å². The second-order valence-electron chi connectivity index (χ2n) is 2.55. The molecule has 0 rings (SSSR count). The van der Waals surface area contributed by atoms with Gasteiger partial charge in [0.05, 0.1) is 0 Å². The third kappa shape index (κ3) is 10.1. The minimum atomic E-state index is 0. The zero-order chi connectivity index (χ0) is 6.73. The fourth-order valence-electron chi connectivity index (χ4n) is 0.596. The van der Waals surface area contributed by atoms with Gasteiger partial charge in [-0.25, -0.2) is 4.31 Å². The number of hydrogen-bond acceptors (Lipinski definition) is 1. The highest BCUT2D eigenvalue weighted by molar-refractivity contribution is 7.77. The lowest BCUT2D eigenvalue weighted by Gasteiger charge is -2.21. The lowest BCUT2D eigenvalue weighted by molar-refractivity contribution is 0.340. The molecule has 5 heteroatoms. The molecule has 1 radical (unpaired) electrons. The molecule has 0 saturated carbocycles. The van der Waals surface area contributed by atoms with E-state index >= 15 is 0 Å². The lowest BCUT2D eigenvalue weighted by Crippen LogP contribution is -2.27. The fourth-order valence-corrected chi connectivity index (χ4v) is 0.596. The maximum atomic E-state index is 5.02. The van der Waals surface area contributed by atoms with Gasteiger partial charge in [-0.3, -0.25) is 14.1 Å². The molecule has 73 valence electrons. The van der Waals surface area contributed by atoms with E-state index in [0.29, 0.717) is 12.1 Å². The molecule has 0 N–H and O–H groups in total. The average molecular weight is 192 g/mol. The standard InChI is InChI=1S/C6H14NS.3FH/c1-5(2)7(8)6(3)4;;;/h5-6H,1-4H3;3*1H. The van der Waals surface area contributed by atoms with Crippen molar-refractivity contribution >= 4 is 12.8 Å². The zero-order valence-corrected chi connectivity index (χ0v) is 8.05. The predicted octanol–water partition coefficient (Wildman–Crippen LogP) is 2.68. The molecular weight excluding hydrogens is 175 g/mol. The first kappa shape index (κ1) is 22.5. The summed E-state index contributed by atoms with van der Waals surface area (Å²) in [5, 5.41) is 0. The van der Waals surface area contributed by atoms with Gasteiger partial charge in [0, 0.05) is 24.9 Å². The Hall–Kier alpha value is 0.100. The Morgan fingerprint density at radius 2 is 1.00 bits per heavy atom. The molecule has 0 fully saturated rings. The smallest absolute Gasteiger partial charge is 0.0157 e. The third-order valence-corrected chi connectivity index (χ3v) is 1.86. The molecule has 0 aromatic carbocycles. The van der Waals surface area contributed by atoms with Crippen LogP contribution in [0.5, 0.6) is 0 Å². The first-order valence-electron chi connectivity index (χ1n) is 3.01. The molecule has 0 saturated heterocycles. The van der Waals surface area contributed by atoms with E-state index in [1.54, 1.807) is 0 Å². The van der Waals surface area contributed by atoms with E-state index in [1.165, 1.54) is 0 Å². The Morgan fingerprint density at radius 3 is 1.00 bits per heavy atom. The molecule has 0 spiro atoms. The SMILES string of the molecule is CC(C)N([S])C(C)C.F.F.F. The molecule has 0 aliphatic rings. The largest absolute Gasteiger partial charge is 0.269 e. The summed E-state index contributed by atoms with van der Waals surface area (Å²) in [6, 6.07) is 0.981. The molecule has 0 aliphatic heterocycles. The zero-order valence-electron chi connectivity index (χ0n) is 7.23. The average Bonchev–Trinajstić information content (AvgIpc) is 1.64. The van der Waals surface area contributed by atoms with Crippen molar-refractivity contribution in [2.24, 2.45) is 0 Å². The van der Waals surface area contributed by atoms with Gasteiger partial charge in [-0.1, -0.05) is 0 Å². The number of nitrogens with zero attached hydrogens (tertiary/aromatic N) is 1. The number of rotatable bonds is 2. The van der Waals surface area contributed by atoms with Gasteiger partial charge in [0.1, 0.15) is 0 Å². The Morgan fingerprint density at radius 1 is 0.818 bits per heavy atom. The topological polar surface area (TPSA) is 3.24 Å². The molecule has 0 amide bonds. The van der Waals surface area contributed by atoms with Crippen molar-refractivity contribution < 1.29 is 14.1 Å². The van der Waals surface area contributed by atoms with Crippen molar-refractivity contribution in [1.82, 2.24) is 4.31 Å². The Labute approximate surface area is 71.8 Å². The van der Waals surface area contributed by atoms with Crippen LogP contribution < -0.4 is 0 Å². The highest BCUT2D eigenvalue weighted by atomic mass is 32.1. The van der Waals surface area contributed by atoms with Crippen LogP contribution in [-0.4, -0.2) is 16.4 Å². The lowest BCUT2D eigenvalue weighted by atomic mass is 10.3. The van der Waals surface area contributed by atoms with Crippen LogP contribution in [0.2, 0.25) is 0 Å². The Balaban J connectivity index is -0.0000000817. The van der Waals surface area contributed by atoms with Crippen LogP contribution in [0.25, 0.3) is 0 Å². The molecule has 0 aromatic rings. The maximum Gasteiger partial charge on any atom is 0.0157 e. The van der Waals surface area contributed by atoms with Gasteiger partial charge in [-0.05, 0) is 27.7 Å². The summed E-state index contributed by atoms with van der Waals surface area (Å²) in [5.41, 5.74) is 0. The van der Waals surface area contributed by atoms with Gasteiger partial charge in [-0.15, -0.1) is 0 Å². The molecule has 0 atom stereocenters. The molecule has 0 unspecified atom stereocenters. The van der Waals surface area contributed by atoms with E-state index in [1.807, 2.05) is 4.31 Å². The van der Waals surface area contributed by atoms with Crippen molar-refractivity contribution in [3.05, 3.63) is 0 Å². The molecule has 0 aliphatic carbocycles. The van der Waals surface area contributed by atoms with E-state index in [0.717, 1.165) is 0 Å². The van der Waals surface area contributed by atoms with Crippen molar-refractivity contribution in [3.8, 4) is 0 Å². The van der Waals surface area contributed by atoms with Gasteiger partial charge >= 0.3 is 0 Å². The van der Waals surface area contributed by atoms with E-state index in [4.69, 9.17) is 12.8 Å². The van der Waals surface area contributed by atoms with Crippen molar-refractivity contribution in [3.63, 3.8) is 0 Å². The maximum absolute atomic E-state index is 5.02.